The molecule has 1 N–H and O–H groups in total. The Balaban J connectivity index is 1.83. The van der Waals surface area contributed by atoms with Gasteiger partial charge in [-0.2, -0.15) is 5.10 Å². The quantitative estimate of drug-likeness (QED) is 0.779. The third-order valence-electron chi connectivity index (χ3n) is 5.72. The van der Waals surface area contributed by atoms with Crippen molar-refractivity contribution in [2.24, 2.45) is 0 Å². The van der Waals surface area contributed by atoms with Gasteiger partial charge < -0.3 is 5.11 Å². The fourth-order valence-electron chi connectivity index (χ4n) is 3.98. The molecule has 1 saturated carbocycles. The first kappa shape index (κ1) is 20.2. The summed E-state index contributed by atoms with van der Waals surface area (Å²) in [5.74, 6) is -3.00. The van der Waals surface area contributed by atoms with Gasteiger partial charge in [0, 0.05) is 24.7 Å². The lowest BCUT2D eigenvalue weighted by Crippen LogP contribution is -2.37. The van der Waals surface area contributed by atoms with E-state index in [0.29, 0.717) is 0 Å². The smallest absolute Gasteiger partial charge is 0.303 e. The van der Waals surface area contributed by atoms with Gasteiger partial charge in [-0.25, -0.2) is 13.5 Å². The Bertz CT molecular complexity index is 1120. The second-order valence-electron chi connectivity index (χ2n) is 8.27. The Kier molecular flexibility index (Phi) is 4.71. The number of carboxylic acids is 1. The Morgan fingerprint density at radius 1 is 1.30 bits per heavy atom. The van der Waals surface area contributed by atoms with Crippen molar-refractivity contribution in [3.8, 4) is 0 Å². The maximum absolute atomic E-state index is 15.3. The fraction of sp³-hybridized carbons (Fsp3) is 0.429. The summed E-state index contributed by atoms with van der Waals surface area (Å²) in [6.45, 7) is 3.05. The van der Waals surface area contributed by atoms with Crippen molar-refractivity contribution in [3.05, 3.63) is 51.4 Å². The molecule has 1 amide bonds. The van der Waals surface area contributed by atoms with E-state index in [9.17, 15) is 14.4 Å². The zero-order valence-corrected chi connectivity index (χ0v) is 16.6. The van der Waals surface area contributed by atoms with E-state index in [0.717, 1.165) is 28.5 Å². The molecule has 1 aromatic heterocycles. The Hall–Kier alpha value is -3.10. The molecule has 2 aromatic rings. The number of aryl methyl sites for hydroxylation is 1. The standard InChI is InChI=1S/C21H21F2N3O4/c1-21(2)16-17(23)12(11-5-6-11)10-13(22)18(16)26(20(21)30)14-7-8-24-25(19(14)29)9-3-4-15(27)28/h7-8,10-11H,3-6,9H2,1-2H3,(H,27,28). The van der Waals surface area contributed by atoms with Crippen molar-refractivity contribution >= 4 is 23.3 Å². The molecule has 1 fully saturated rings. The van der Waals surface area contributed by atoms with Crippen LogP contribution in [0.15, 0.2) is 23.1 Å². The second kappa shape index (κ2) is 7.00. The summed E-state index contributed by atoms with van der Waals surface area (Å²) in [4.78, 5) is 37.8. The number of halogens is 2. The number of hydrogen-bond donors (Lipinski definition) is 1. The largest absolute Gasteiger partial charge is 0.481 e. The first-order valence-electron chi connectivity index (χ1n) is 9.79. The van der Waals surface area contributed by atoms with E-state index in [1.807, 2.05) is 0 Å². The van der Waals surface area contributed by atoms with Crippen molar-refractivity contribution in [2.75, 3.05) is 4.90 Å². The molecule has 0 spiro atoms. The lowest BCUT2D eigenvalue weighted by atomic mass is 9.84. The van der Waals surface area contributed by atoms with Crippen LogP contribution < -0.4 is 10.5 Å². The lowest BCUT2D eigenvalue weighted by Gasteiger charge is -2.20. The van der Waals surface area contributed by atoms with Crippen LogP contribution >= 0.6 is 0 Å². The van der Waals surface area contributed by atoms with Crippen LogP contribution in [0.2, 0.25) is 0 Å². The van der Waals surface area contributed by atoms with Gasteiger partial charge in [0.25, 0.3) is 5.56 Å². The fourth-order valence-corrected chi connectivity index (χ4v) is 3.98. The van der Waals surface area contributed by atoms with Gasteiger partial charge in [0.1, 0.15) is 17.3 Å². The van der Waals surface area contributed by atoms with Gasteiger partial charge in [0.2, 0.25) is 5.91 Å². The number of anilines is 2. The minimum atomic E-state index is -1.35. The van der Waals surface area contributed by atoms with Gasteiger partial charge in [-0.15, -0.1) is 0 Å². The monoisotopic (exact) mass is 417 g/mol. The Morgan fingerprint density at radius 3 is 2.63 bits per heavy atom. The van der Waals surface area contributed by atoms with Crippen LogP contribution in [0.25, 0.3) is 0 Å². The van der Waals surface area contributed by atoms with Crippen LogP contribution in [0.5, 0.6) is 0 Å². The average molecular weight is 417 g/mol. The van der Waals surface area contributed by atoms with E-state index in [-0.39, 0.29) is 47.8 Å². The molecular formula is C21H21F2N3O4. The molecule has 0 unspecified atom stereocenters. The number of carbonyl (C=O) groups is 2. The molecule has 7 nitrogen and oxygen atoms in total. The number of fused-ring (bicyclic) bond motifs is 1. The van der Waals surface area contributed by atoms with E-state index < -0.39 is 34.5 Å². The zero-order valence-electron chi connectivity index (χ0n) is 16.6. The molecule has 2 heterocycles. The van der Waals surface area contributed by atoms with Crippen LogP contribution in [-0.4, -0.2) is 26.8 Å². The summed E-state index contributed by atoms with van der Waals surface area (Å²) in [6, 6.07) is 2.41. The maximum Gasteiger partial charge on any atom is 0.303 e. The normalized spacial score (nSPS) is 17.3. The third kappa shape index (κ3) is 3.09. The van der Waals surface area contributed by atoms with Crippen molar-refractivity contribution in [2.45, 2.75) is 57.4 Å². The highest BCUT2D eigenvalue weighted by Gasteiger charge is 2.50. The molecule has 4 rings (SSSR count). The Labute approximate surface area is 170 Å². The van der Waals surface area contributed by atoms with Crippen molar-refractivity contribution in [3.63, 3.8) is 0 Å². The van der Waals surface area contributed by atoms with Gasteiger partial charge in [-0.05, 0) is 56.7 Å². The minimum Gasteiger partial charge on any atom is -0.481 e. The summed E-state index contributed by atoms with van der Waals surface area (Å²) in [7, 11) is 0. The first-order valence-corrected chi connectivity index (χ1v) is 9.79. The summed E-state index contributed by atoms with van der Waals surface area (Å²) < 4.78 is 31.5. The number of aliphatic carboxylic acids is 1. The number of benzene rings is 1. The summed E-state index contributed by atoms with van der Waals surface area (Å²) >= 11 is 0. The molecular weight excluding hydrogens is 396 g/mol. The summed E-state index contributed by atoms with van der Waals surface area (Å²) in [6.07, 6.45) is 2.84. The highest BCUT2D eigenvalue weighted by molar-refractivity contribution is 6.12. The number of rotatable bonds is 6. The maximum atomic E-state index is 15.3. The number of nitrogens with zero attached hydrogens (tertiary/aromatic N) is 3. The first-order chi connectivity index (χ1) is 14.1. The van der Waals surface area contributed by atoms with Crippen molar-refractivity contribution < 1.29 is 23.5 Å². The summed E-state index contributed by atoms with van der Waals surface area (Å²) in [5.41, 5.74) is -2.18. The molecule has 0 atom stereocenters. The van der Waals surface area contributed by atoms with E-state index in [2.05, 4.69) is 5.10 Å². The predicted octanol–water partition coefficient (Wildman–Crippen LogP) is 3.22. The molecule has 1 aliphatic heterocycles. The van der Waals surface area contributed by atoms with Gasteiger partial charge >= 0.3 is 5.97 Å². The van der Waals surface area contributed by atoms with Crippen LogP contribution in [0.3, 0.4) is 0 Å². The van der Waals surface area contributed by atoms with E-state index in [1.54, 1.807) is 0 Å². The second-order valence-corrected chi connectivity index (χ2v) is 8.27. The molecule has 1 aliphatic carbocycles. The molecule has 2 aliphatic rings. The van der Waals surface area contributed by atoms with E-state index >= 15 is 8.78 Å². The topological polar surface area (TPSA) is 92.5 Å². The third-order valence-corrected chi connectivity index (χ3v) is 5.72. The highest BCUT2D eigenvalue weighted by atomic mass is 19.1. The Morgan fingerprint density at radius 2 is 2.00 bits per heavy atom. The minimum absolute atomic E-state index is 0.0225. The number of hydrogen-bond acceptors (Lipinski definition) is 4. The van der Waals surface area contributed by atoms with Gasteiger partial charge in [-0.1, -0.05) is 0 Å². The van der Waals surface area contributed by atoms with E-state index in [1.165, 1.54) is 26.1 Å². The highest BCUT2D eigenvalue weighted by Crippen LogP contribution is 2.51. The van der Waals surface area contributed by atoms with E-state index in [4.69, 9.17) is 5.11 Å². The van der Waals surface area contributed by atoms with Crippen LogP contribution in [0.4, 0.5) is 20.2 Å². The van der Waals surface area contributed by atoms with Crippen LogP contribution in [0, 0.1) is 11.6 Å². The van der Waals surface area contributed by atoms with Crippen LogP contribution in [0.1, 0.15) is 56.6 Å². The van der Waals surface area contributed by atoms with Crippen LogP contribution in [-0.2, 0) is 21.5 Å². The molecule has 158 valence electrons. The zero-order chi connectivity index (χ0) is 21.8. The predicted molar refractivity (Wildman–Crippen MR) is 104 cm³/mol. The number of aromatic nitrogens is 2. The molecule has 30 heavy (non-hydrogen) atoms. The number of amides is 1. The SMILES string of the molecule is CC1(C)C(=O)N(c2ccnn(CCCC(=O)O)c2=O)c2c(F)cc(C3CC3)c(F)c21. The number of carbonyl (C=O) groups excluding carboxylic acids is 1. The molecule has 1 aromatic carbocycles. The summed E-state index contributed by atoms with van der Waals surface area (Å²) in [5, 5.41) is 12.7. The van der Waals surface area contributed by atoms with Gasteiger partial charge in [0.05, 0.1) is 11.1 Å². The lowest BCUT2D eigenvalue weighted by molar-refractivity contribution is -0.137. The molecule has 0 bridgehead atoms. The molecule has 0 saturated heterocycles. The van der Waals surface area contributed by atoms with Crippen molar-refractivity contribution in [1.82, 2.24) is 9.78 Å². The van der Waals surface area contributed by atoms with Gasteiger partial charge in [0.15, 0.2) is 0 Å². The van der Waals surface area contributed by atoms with Gasteiger partial charge in [-0.3, -0.25) is 19.3 Å². The average Bonchev–Trinajstić information content (AvgIpc) is 3.48. The van der Waals surface area contributed by atoms with Crippen molar-refractivity contribution in [1.29, 1.82) is 0 Å². The molecule has 9 heteroatoms. The molecule has 0 radical (unpaired) electrons. The number of carboxylic acid groups (broad SMARTS) is 1.